The second-order valence-corrected chi connectivity index (χ2v) is 15.5. The van der Waals surface area contributed by atoms with Gasteiger partial charge in [0.25, 0.3) is 20.2 Å². The molecule has 7 nitrogen and oxygen atoms in total. The van der Waals surface area contributed by atoms with E-state index in [2.05, 4.69) is 0 Å². The monoisotopic (exact) mass is 687 g/mol. The van der Waals surface area contributed by atoms with E-state index in [1.807, 2.05) is 23.1 Å². The van der Waals surface area contributed by atoms with Gasteiger partial charge in [-0.2, -0.15) is 16.8 Å². The molecule has 0 amide bonds. The van der Waals surface area contributed by atoms with Crippen LogP contribution in [0.15, 0.2) is 46.3 Å². The molecule has 1 aromatic heterocycles. The van der Waals surface area contributed by atoms with E-state index in [9.17, 15) is 16.8 Å². The topological polar surface area (TPSA) is 112 Å². The van der Waals surface area contributed by atoms with Crippen LogP contribution < -0.4 is 4.90 Å². The van der Waals surface area contributed by atoms with Crippen molar-refractivity contribution in [2.45, 2.75) is 24.2 Å². The number of fused-ring (bicyclic) bond motifs is 2. The Morgan fingerprint density at radius 3 is 2.15 bits per heavy atom. The van der Waals surface area contributed by atoms with Crippen LogP contribution in [0.25, 0.3) is 16.2 Å². The average Bonchev–Trinajstić information content (AvgIpc) is 3.30. The summed E-state index contributed by atoms with van der Waals surface area (Å²) >= 11 is 27.8. The zero-order valence-electron chi connectivity index (χ0n) is 19.9. The van der Waals surface area contributed by atoms with Crippen LogP contribution in [0.3, 0.4) is 0 Å². The molecule has 3 aromatic rings. The number of benzene rings is 2. The average molecular weight is 690 g/mol. The predicted molar refractivity (Wildman–Crippen MR) is 164 cm³/mol. The Labute approximate surface area is 254 Å². The van der Waals surface area contributed by atoms with Gasteiger partial charge in [0.2, 0.25) is 0 Å². The highest BCUT2D eigenvalue weighted by Gasteiger charge is 2.26. The van der Waals surface area contributed by atoms with E-state index in [1.165, 1.54) is 23.1 Å². The maximum atomic E-state index is 11.2. The molecule has 0 bridgehead atoms. The molecule has 1 aliphatic heterocycles. The molecule has 0 radical (unpaired) electrons. The lowest BCUT2D eigenvalue weighted by molar-refractivity contribution is 0.479. The van der Waals surface area contributed by atoms with Crippen LogP contribution in [0, 0.1) is 0 Å². The van der Waals surface area contributed by atoms with E-state index < -0.39 is 20.2 Å². The Morgan fingerprint density at radius 1 is 0.846 bits per heavy atom. The minimum absolute atomic E-state index is 0.190. The molecular weight excluding hydrogens is 668 g/mol. The molecule has 39 heavy (non-hydrogen) atoms. The largest absolute Gasteiger partial charge is 0.335 e. The third kappa shape index (κ3) is 8.06. The zero-order chi connectivity index (χ0) is 28.5. The van der Waals surface area contributed by atoms with E-state index in [0.29, 0.717) is 33.1 Å². The van der Waals surface area contributed by atoms with Crippen LogP contribution in [0.4, 0.5) is 5.69 Å². The van der Waals surface area contributed by atoms with Crippen molar-refractivity contribution in [3.8, 4) is 0 Å². The fourth-order valence-corrected chi connectivity index (χ4v) is 8.15. The summed E-state index contributed by atoms with van der Waals surface area (Å²) in [5, 5.41) is 3.21. The smallest absolute Gasteiger partial charge is 0.264 e. The molecule has 0 unspecified atom stereocenters. The summed E-state index contributed by atoms with van der Waals surface area (Å²) in [5.74, 6) is -0.745. The molecule has 4 rings (SSSR count). The Hall–Kier alpha value is -0.990. The van der Waals surface area contributed by atoms with Crippen molar-refractivity contribution in [2.24, 2.45) is 0 Å². The molecule has 210 valence electrons. The van der Waals surface area contributed by atoms with Gasteiger partial charge in [-0.1, -0.05) is 64.2 Å². The van der Waals surface area contributed by atoms with Crippen molar-refractivity contribution in [3.63, 3.8) is 0 Å². The number of halogens is 4. The minimum atomic E-state index is -4.10. The fraction of sp³-hybridized carbons (Fsp3) is 0.250. The fourth-order valence-electron chi connectivity index (χ4n) is 4.06. The van der Waals surface area contributed by atoms with Crippen molar-refractivity contribution in [1.29, 1.82) is 0 Å². The lowest BCUT2D eigenvalue weighted by Crippen LogP contribution is -2.21. The summed E-state index contributed by atoms with van der Waals surface area (Å²) in [6.07, 6.45) is 6.41. The van der Waals surface area contributed by atoms with Crippen molar-refractivity contribution in [2.75, 3.05) is 23.0 Å². The van der Waals surface area contributed by atoms with Crippen LogP contribution in [0.2, 0.25) is 20.1 Å². The van der Waals surface area contributed by atoms with Gasteiger partial charge in [0, 0.05) is 21.0 Å². The van der Waals surface area contributed by atoms with Crippen molar-refractivity contribution in [1.82, 2.24) is 0 Å². The molecule has 0 spiro atoms. The summed E-state index contributed by atoms with van der Waals surface area (Å²) in [6, 6.07) is 6.98. The SMILES string of the molecule is O=S(=O)(O)CCCc1c(/C=C/C=C2/Sc3cc(Cl)c(Cl)cc3N2CCCS(=O)(=O)O)sc2cc(Cl)c(Cl)cc12. The van der Waals surface area contributed by atoms with Crippen molar-refractivity contribution >= 4 is 112 Å². The number of hydrogen-bond acceptors (Lipinski definition) is 7. The molecule has 2 aromatic carbocycles. The first-order valence-electron chi connectivity index (χ1n) is 11.4. The van der Waals surface area contributed by atoms with E-state index >= 15 is 0 Å². The number of anilines is 1. The lowest BCUT2D eigenvalue weighted by Gasteiger charge is -2.20. The number of aryl methyl sites for hydroxylation is 1. The summed E-state index contributed by atoms with van der Waals surface area (Å²) < 4.78 is 64.2. The number of nitrogens with zero attached hydrogens (tertiary/aromatic N) is 1. The number of thioether (sulfide) groups is 1. The summed E-state index contributed by atoms with van der Waals surface area (Å²) in [7, 11) is -8.20. The standard InChI is InChI=1S/C24H21Cl4NO6S4/c25-16-10-15-14(4-2-8-38(30,31)32)21(36-22(15)12-18(16)27)5-1-6-24-29(7-3-9-39(33,34)35)20-11-17(26)19(28)13-23(20)37-24/h1,5-6,10-13H,2-4,7-9H2,(H,30,31,32)(H,33,34,35)/b5-1+,24-6+. The maximum absolute atomic E-state index is 11.2. The van der Waals surface area contributed by atoms with Gasteiger partial charge < -0.3 is 4.90 Å². The minimum Gasteiger partial charge on any atom is -0.335 e. The second kappa shape index (κ2) is 12.5. The molecule has 1 aliphatic rings. The Kier molecular flexibility index (Phi) is 9.91. The summed E-state index contributed by atoms with van der Waals surface area (Å²) in [4.78, 5) is 3.64. The third-order valence-electron chi connectivity index (χ3n) is 5.74. The van der Waals surface area contributed by atoms with Gasteiger partial charge in [-0.15, -0.1) is 11.3 Å². The van der Waals surface area contributed by atoms with Crippen LogP contribution in [-0.4, -0.2) is 44.0 Å². The first-order chi connectivity index (χ1) is 18.2. The van der Waals surface area contributed by atoms with Gasteiger partial charge in [0.05, 0.1) is 42.3 Å². The first-order valence-corrected chi connectivity index (χ1v) is 17.7. The molecule has 2 N–H and O–H groups in total. The Morgan fingerprint density at radius 2 is 1.46 bits per heavy atom. The summed E-state index contributed by atoms with van der Waals surface area (Å²) in [6.45, 7) is 0.318. The normalized spacial score (nSPS) is 15.2. The molecule has 0 saturated heterocycles. The summed E-state index contributed by atoms with van der Waals surface area (Å²) in [5.41, 5.74) is 1.67. The van der Waals surface area contributed by atoms with Crippen molar-refractivity contribution < 1.29 is 25.9 Å². The Bertz CT molecular complexity index is 1700. The van der Waals surface area contributed by atoms with Gasteiger partial charge in [-0.05, 0) is 66.6 Å². The highest BCUT2D eigenvalue weighted by Crippen LogP contribution is 2.49. The van der Waals surface area contributed by atoms with E-state index in [0.717, 1.165) is 36.1 Å². The van der Waals surface area contributed by atoms with Gasteiger partial charge in [0.1, 0.15) is 0 Å². The maximum Gasteiger partial charge on any atom is 0.264 e. The molecular formula is C24H21Cl4NO6S4. The predicted octanol–water partition coefficient (Wildman–Crippen LogP) is 8.08. The molecule has 0 aliphatic carbocycles. The van der Waals surface area contributed by atoms with Crippen LogP contribution in [-0.2, 0) is 26.7 Å². The first kappa shape index (κ1) is 31.0. The van der Waals surface area contributed by atoms with Crippen LogP contribution in [0.5, 0.6) is 0 Å². The van der Waals surface area contributed by atoms with Gasteiger partial charge >= 0.3 is 0 Å². The quantitative estimate of drug-likeness (QED) is 0.206. The second-order valence-electron chi connectivity index (χ2n) is 8.59. The van der Waals surface area contributed by atoms with E-state index in [-0.39, 0.29) is 24.3 Å². The van der Waals surface area contributed by atoms with Gasteiger partial charge in [0.15, 0.2) is 0 Å². The lowest BCUT2D eigenvalue weighted by atomic mass is 10.1. The number of rotatable bonds is 10. The zero-order valence-corrected chi connectivity index (χ0v) is 26.2. The Balaban J connectivity index is 1.66. The highest BCUT2D eigenvalue weighted by molar-refractivity contribution is 8.03. The van der Waals surface area contributed by atoms with Crippen molar-refractivity contribution in [3.05, 3.63) is 72.0 Å². The molecule has 0 fully saturated rings. The number of allylic oxidation sites excluding steroid dienone is 2. The van der Waals surface area contributed by atoms with Crippen LogP contribution >= 0.6 is 69.5 Å². The molecule has 2 heterocycles. The number of hydrogen-bond donors (Lipinski definition) is 2. The highest BCUT2D eigenvalue weighted by atomic mass is 35.5. The third-order valence-corrected chi connectivity index (χ3v) is 11.1. The van der Waals surface area contributed by atoms with Gasteiger partial charge in [-0.3, -0.25) is 9.11 Å². The molecule has 15 heteroatoms. The van der Waals surface area contributed by atoms with Crippen LogP contribution in [0.1, 0.15) is 23.3 Å². The van der Waals surface area contributed by atoms with E-state index in [4.69, 9.17) is 55.5 Å². The van der Waals surface area contributed by atoms with E-state index in [1.54, 1.807) is 24.3 Å². The van der Waals surface area contributed by atoms with Gasteiger partial charge in [-0.25, -0.2) is 0 Å². The molecule has 0 atom stereocenters. The number of thiophene rings is 1. The molecule has 0 saturated carbocycles.